The highest BCUT2D eigenvalue weighted by Gasteiger charge is 2.18. The highest BCUT2D eigenvalue weighted by atomic mass is 16.5. The Bertz CT molecular complexity index is 3480. The predicted octanol–water partition coefficient (Wildman–Crippen LogP) is 13.8. The van der Waals surface area contributed by atoms with Crippen molar-refractivity contribution in [1.29, 1.82) is 0 Å². The van der Waals surface area contributed by atoms with Crippen molar-refractivity contribution in [2.75, 3.05) is 22.9 Å². The maximum absolute atomic E-state index is 13.2. The molecule has 0 saturated carbocycles. The van der Waals surface area contributed by atoms with E-state index in [1.165, 1.54) is 0 Å². The number of ketones is 4. The monoisotopic (exact) mass is 1000 g/mol. The Balaban J connectivity index is 0.000000186. The first-order chi connectivity index (χ1) is 36.9. The lowest BCUT2D eigenvalue weighted by atomic mass is 9.97. The summed E-state index contributed by atoms with van der Waals surface area (Å²) in [7, 11) is 0. The Morgan fingerprint density at radius 2 is 0.526 bits per heavy atom. The van der Waals surface area contributed by atoms with Gasteiger partial charge in [-0.25, -0.2) is 0 Å². The summed E-state index contributed by atoms with van der Waals surface area (Å²) in [4.78, 5) is 52.7. The molecule has 12 heteroatoms. The largest absolute Gasteiger partial charge is 0.457 e. The van der Waals surface area contributed by atoms with Gasteiger partial charge in [-0.15, -0.1) is 0 Å². The van der Waals surface area contributed by atoms with Gasteiger partial charge < -0.3 is 41.9 Å². The number of anilines is 4. The van der Waals surface area contributed by atoms with Crippen LogP contribution in [0.15, 0.2) is 243 Å². The lowest BCUT2D eigenvalue weighted by Crippen LogP contribution is -2.07. The number of hydrogen-bond acceptors (Lipinski definition) is 12. The van der Waals surface area contributed by atoms with Gasteiger partial charge in [-0.3, -0.25) is 19.2 Å². The Morgan fingerprint density at radius 1 is 0.237 bits per heavy atom. The van der Waals surface area contributed by atoms with Crippen molar-refractivity contribution in [2.45, 2.75) is 0 Å². The highest BCUT2D eigenvalue weighted by Crippen LogP contribution is 2.32. The molecule has 0 aliphatic rings. The van der Waals surface area contributed by atoms with Crippen LogP contribution in [0.5, 0.6) is 46.0 Å². The Kier molecular flexibility index (Phi) is 15.3. The first-order valence-electron chi connectivity index (χ1n) is 23.8. The van der Waals surface area contributed by atoms with Crippen LogP contribution in [0.3, 0.4) is 0 Å². The van der Waals surface area contributed by atoms with Gasteiger partial charge in [-0.2, -0.15) is 0 Å². The van der Waals surface area contributed by atoms with Crippen LogP contribution in [0.1, 0.15) is 63.7 Å². The third-order valence-corrected chi connectivity index (χ3v) is 11.7. The SMILES string of the molecule is Nc1cc(C(=O)c2cccc(C(=O)c3ccc(Oc4ccccc4)c(N)c3)c2)ccc1Oc1ccccc1.Nc1cccc(Oc2ccc(C(=O)c3cccc(C(=O)c4ccc(Oc5cccc(N)c5)cc4)c3)cc2)c1. The number of nitrogens with two attached hydrogens (primary N) is 4. The molecular weight excluding hydrogens is 953 g/mol. The fraction of sp³-hybridized carbons (Fsp3) is 0. The first kappa shape index (κ1) is 50.2. The normalized spacial score (nSPS) is 10.5. The van der Waals surface area contributed by atoms with Crippen molar-refractivity contribution >= 4 is 45.9 Å². The molecule has 10 aromatic rings. The first-order valence-corrected chi connectivity index (χ1v) is 23.8. The van der Waals surface area contributed by atoms with E-state index in [2.05, 4.69) is 0 Å². The second-order valence-corrected chi connectivity index (χ2v) is 17.2. The molecule has 0 saturated heterocycles. The number of benzene rings is 10. The minimum absolute atomic E-state index is 0.193. The summed E-state index contributed by atoms with van der Waals surface area (Å²) in [5.74, 6) is 3.67. The van der Waals surface area contributed by atoms with E-state index in [0.29, 0.717) is 113 Å². The Hall–Kier alpha value is -10.7. The zero-order valence-electron chi connectivity index (χ0n) is 40.7. The van der Waals surface area contributed by atoms with Crippen molar-refractivity contribution < 1.29 is 38.1 Å². The molecule has 0 fully saturated rings. The van der Waals surface area contributed by atoms with Crippen LogP contribution in [0.25, 0.3) is 0 Å². The molecule has 0 amide bonds. The summed E-state index contributed by atoms with van der Waals surface area (Å²) in [5.41, 5.74) is 29.1. The van der Waals surface area contributed by atoms with Crippen LogP contribution in [0.4, 0.5) is 22.7 Å². The van der Waals surface area contributed by atoms with Crippen LogP contribution < -0.4 is 41.9 Å². The van der Waals surface area contributed by atoms with Crippen molar-refractivity contribution in [3.8, 4) is 46.0 Å². The van der Waals surface area contributed by atoms with E-state index in [1.807, 2.05) is 60.7 Å². The van der Waals surface area contributed by atoms with E-state index in [0.717, 1.165) is 0 Å². The second kappa shape index (κ2) is 23.2. The number of para-hydroxylation sites is 2. The van der Waals surface area contributed by atoms with Crippen molar-refractivity contribution in [3.05, 3.63) is 287 Å². The molecule has 0 atom stereocenters. The summed E-state index contributed by atoms with van der Waals surface area (Å²) >= 11 is 0. The quantitative estimate of drug-likeness (QED) is 0.0526. The molecule has 0 aromatic heterocycles. The standard InChI is InChI=1S/2C32H24N2O4/c33-25-6-2-8-29(19-25)37-27-14-10-21(11-15-27)31(35)23-4-1-5-24(18-23)32(36)22-12-16-28(17-13-22)38-30-9-3-7-26(34)20-30;33-27-19-23(14-16-29(27)37-25-10-3-1-4-11-25)31(35)21-8-7-9-22(18-21)32(36)24-15-17-30(28(34)20-24)38-26-12-5-2-6-13-26/h2*1-20H,33-34H2. The molecule has 76 heavy (non-hydrogen) atoms. The number of hydrogen-bond donors (Lipinski definition) is 4. The molecule has 12 nitrogen and oxygen atoms in total. The maximum atomic E-state index is 13.2. The van der Waals surface area contributed by atoms with Gasteiger partial charge in [0.25, 0.3) is 0 Å². The number of rotatable bonds is 16. The number of carbonyl (C=O) groups excluding carboxylic acids is 4. The fourth-order valence-corrected chi connectivity index (χ4v) is 7.84. The minimum Gasteiger partial charge on any atom is -0.457 e. The smallest absolute Gasteiger partial charge is 0.193 e. The van der Waals surface area contributed by atoms with E-state index in [9.17, 15) is 19.2 Å². The van der Waals surface area contributed by atoms with Gasteiger partial charge in [-0.1, -0.05) is 84.9 Å². The summed E-state index contributed by atoms with van der Waals surface area (Å²) in [6.45, 7) is 0. The van der Waals surface area contributed by atoms with Gasteiger partial charge >= 0.3 is 0 Å². The van der Waals surface area contributed by atoms with Crippen LogP contribution in [0.2, 0.25) is 0 Å². The van der Waals surface area contributed by atoms with E-state index in [1.54, 1.807) is 182 Å². The topological polar surface area (TPSA) is 209 Å². The zero-order valence-corrected chi connectivity index (χ0v) is 40.7. The van der Waals surface area contributed by atoms with E-state index in [-0.39, 0.29) is 23.1 Å². The predicted molar refractivity (Wildman–Crippen MR) is 296 cm³/mol. The van der Waals surface area contributed by atoms with Crippen LogP contribution in [-0.4, -0.2) is 23.1 Å². The van der Waals surface area contributed by atoms with E-state index in [4.69, 9.17) is 41.9 Å². The molecule has 0 unspecified atom stereocenters. The summed E-state index contributed by atoms with van der Waals surface area (Å²) in [6.07, 6.45) is 0. The molecule has 0 aliphatic heterocycles. The van der Waals surface area contributed by atoms with Gasteiger partial charge in [0.2, 0.25) is 0 Å². The van der Waals surface area contributed by atoms with Crippen LogP contribution >= 0.6 is 0 Å². The van der Waals surface area contributed by atoms with Crippen LogP contribution in [-0.2, 0) is 0 Å². The van der Waals surface area contributed by atoms with Crippen LogP contribution in [0, 0.1) is 0 Å². The molecule has 0 aliphatic carbocycles. The van der Waals surface area contributed by atoms with Gasteiger partial charge in [0.15, 0.2) is 23.1 Å². The van der Waals surface area contributed by atoms with Crippen molar-refractivity contribution in [2.24, 2.45) is 0 Å². The summed E-state index contributed by atoms with van der Waals surface area (Å²) in [6, 6.07) is 69.4. The number of carbonyl (C=O) groups is 4. The summed E-state index contributed by atoms with van der Waals surface area (Å²) in [5, 5.41) is 0. The maximum Gasteiger partial charge on any atom is 0.193 e. The molecule has 0 spiro atoms. The second-order valence-electron chi connectivity index (χ2n) is 17.2. The highest BCUT2D eigenvalue weighted by molar-refractivity contribution is 6.14. The van der Waals surface area contributed by atoms with Gasteiger partial charge in [-0.05, 0) is 146 Å². The van der Waals surface area contributed by atoms with Gasteiger partial charge in [0.05, 0.1) is 11.4 Å². The van der Waals surface area contributed by atoms with Crippen molar-refractivity contribution in [3.63, 3.8) is 0 Å². The van der Waals surface area contributed by atoms with E-state index >= 15 is 0 Å². The fourth-order valence-electron chi connectivity index (χ4n) is 7.84. The molecule has 0 radical (unpaired) electrons. The third kappa shape index (κ3) is 12.7. The average molecular weight is 1000 g/mol. The lowest BCUT2D eigenvalue weighted by molar-refractivity contribution is 0.102. The third-order valence-electron chi connectivity index (χ3n) is 11.7. The number of ether oxygens (including phenoxy) is 4. The van der Waals surface area contributed by atoms with E-state index < -0.39 is 0 Å². The lowest BCUT2D eigenvalue weighted by Gasteiger charge is -2.11. The summed E-state index contributed by atoms with van der Waals surface area (Å²) < 4.78 is 23.2. The minimum atomic E-state index is -0.260. The Morgan fingerprint density at radius 3 is 0.868 bits per heavy atom. The Labute approximate surface area is 438 Å². The molecule has 0 heterocycles. The molecule has 372 valence electrons. The van der Waals surface area contributed by atoms with Crippen molar-refractivity contribution in [1.82, 2.24) is 0 Å². The molecule has 0 bridgehead atoms. The average Bonchev–Trinajstić information content (AvgIpc) is 3.44. The van der Waals surface area contributed by atoms with Gasteiger partial charge in [0.1, 0.15) is 46.0 Å². The number of nitrogen functional groups attached to an aromatic ring is 4. The molecule has 10 rings (SSSR count). The van der Waals surface area contributed by atoms with Gasteiger partial charge in [0, 0.05) is 68.0 Å². The molecule has 8 N–H and O–H groups in total. The zero-order chi connectivity index (χ0) is 53.0. The molecule has 10 aromatic carbocycles. The molecular formula is C64H48N4O8.